The van der Waals surface area contributed by atoms with E-state index >= 15 is 0 Å². The molecule has 18 heavy (non-hydrogen) atoms. The summed E-state index contributed by atoms with van der Waals surface area (Å²) in [6.07, 6.45) is 3.85. The van der Waals surface area contributed by atoms with Crippen LogP contribution in [0.3, 0.4) is 0 Å². The Bertz CT molecular complexity index is 369. The van der Waals surface area contributed by atoms with Crippen molar-refractivity contribution in [3.63, 3.8) is 0 Å². The molecule has 0 spiro atoms. The quantitative estimate of drug-likeness (QED) is 0.896. The van der Waals surface area contributed by atoms with Gasteiger partial charge in [-0.2, -0.15) is 0 Å². The van der Waals surface area contributed by atoms with Crippen LogP contribution in [0.25, 0.3) is 0 Å². The van der Waals surface area contributed by atoms with Crippen molar-refractivity contribution in [3.05, 3.63) is 34.3 Å². The zero-order valence-corrected chi connectivity index (χ0v) is 13.0. The number of hydrogen-bond donors (Lipinski definition) is 1. The maximum absolute atomic E-state index is 3.70. The fraction of sp³-hybridized carbons (Fsp3) is 0.600. The third-order valence-corrected chi connectivity index (χ3v) is 4.48. The van der Waals surface area contributed by atoms with Crippen LogP contribution in [-0.2, 0) is 6.54 Å². The lowest BCUT2D eigenvalue weighted by Gasteiger charge is -2.33. The van der Waals surface area contributed by atoms with Crippen molar-refractivity contribution >= 4 is 15.9 Å². The van der Waals surface area contributed by atoms with E-state index in [0.29, 0.717) is 5.54 Å². The Balaban J connectivity index is 1.91. The molecule has 2 nitrogen and oxygen atoms in total. The van der Waals surface area contributed by atoms with Crippen LogP contribution in [0.15, 0.2) is 28.7 Å². The predicted octanol–water partition coefficient (Wildman–Crippen LogP) is 3.41. The summed E-state index contributed by atoms with van der Waals surface area (Å²) in [4.78, 5) is 2.44. The Kier molecular flexibility index (Phi) is 4.82. The lowest BCUT2D eigenvalue weighted by molar-refractivity contribution is 0.214. The van der Waals surface area contributed by atoms with E-state index in [-0.39, 0.29) is 0 Å². The van der Waals surface area contributed by atoms with Crippen molar-refractivity contribution < 1.29 is 0 Å². The number of nitrogens with one attached hydrogen (secondary N) is 1. The second kappa shape index (κ2) is 6.18. The number of likely N-dealkylation sites (N-methyl/N-ethyl adjacent to an activating group) is 1. The maximum Gasteiger partial charge on any atom is 0.0306 e. The minimum Gasteiger partial charge on any atom is -0.310 e. The van der Waals surface area contributed by atoms with Gasteiger partial charge in [0.15, 0.2) is 0 Å². The van der Waals surface area contributed by atoms with E-state index in [0.717, 1.165) is 17.6 Å². The second-order valence-corrected chi connectivity index (χ2v) is 6.38. The Morgan fingerprint density at radius 3 is 2.61 bits per heavy atom. The topological polar surface area (TPSA) is 15.3 Å². The SMILES string of the molecule is CCC1(CN(C)Cc2ccc(Br)cc2)CCCN1. The number of benzene rings is 1. The summed E-state index contributed by atoms with van der Waals surface area (Å²) < 4.78 is 1.15. The molecule has 0 saturated carbocycles. The molecule has 1 aliphatic rings. The highest BCUT2D eigenvalue weighted by Crippen LogP contribution is 2.24. The second-order valence-electron chi connectivity index (χ2n) is 5.46. The molecular formula is C15H23BrN2. The van der Waals surface area contributed by atoms with Crippen LogP contribution >= 0.6 is 15.9 Å². The number of nitrogens with zero attached hydrogens (tertiary/aromatic N) is 1. The average molecular weight is 311 g/mol. The summed E-state index contributed by atoms with van der Waals surface area (Å²) in [7, 11) is 2.22. The highest BCUT2D eigenvalue weighted by molar-refractivity contribution is 9.10. The fourth-order valence-electron chi connectivity index (χ4n) is 2.89. The summed E-state index contributed by atoms with van der Waals surface area (Å²) in [5, 5.41) is 3.70. The smallest absolute Gasteiger partial charge is 0.0306 e. The highest BCUT2D eigenvalue weighted by Gasteiger charge is 2.32. The fourth-order valence-corrected chi connectivity index (χ4v) is 3.16. The van der Waals surface area contributed by atoms with Crippen molar-refractivity contribution in [2.24, 2.45) is 0 Å². The van der Waals surface area contributed by atoms with Gasteiger partial charge in [-0.15, -0.1) is 0 Å². The molecule has 3 heteroatoms. The standard InChI is InChI=1S/C15H23BrN2/c1-3-15(9-4-10-17-15)12-18(2)11-13-5-7-14(16)8-6-13/h5-8,17H,3-4,9-12H2,1-2H3. The van der Waals surface area contributed by atoms with Crippen LogP contribution in [0.5, 0.6) is 0 Å². The number of halogens is 1. The first-order valence-corrected chi connectivity index (χ1v) is 7.61. The van der Waals surface area contributed by atoms with Crippen LogP contribution in [-0.4, -0.2) is 30.6 Å². The van der Waals surface area contributed by atoms with Gasteiger partial charge >= 0.3 is 0 Å². The molecule has 1 atom stereocenters. The van der Waals surface area contributed by atoms with Gasteiger partial charge in [-0.3, -0.25) is 0 Å². The molecule has 0 amide bonds. The molecule has 0 radical (unpaired) electrons. The van der Waals surface area contributed by atoms with E-state index in [1.165, 1.54) is 31.4 Å². The lowest BCUT2D eigenvalue weighted by Crippen LogP contribution is -2.48. The van der Waals surface area contributed by atoms with Crippen molar-refractivity contribution in [1.82, 2.24) is 10.2 Å². The van der Waals surface area contributed by atoms with E-state index in [4.69, 9.17) is 0 Å². The average Bonchev–Trinajstić information content (AvgIpc) is 2.81. The van der Waals surface area contributed by atoms with E-state index in [1.807, 2.05) is 0 Å². The van der Waals surface area contributed by atoms with Crippen molar-refractivity contribution in [2.45, 2.75) is 38.3 Å². The summed E-state index contributed by atoms with van der Waals surface area (Å²) >= 11 is 3.48. The molecule has 0 aromatic heterocycles. The van der Waals surface area contributed by atoms with Gasteiger partial charge < -0.3 is 10.2 Å². The van der Waals surface area contributed by atoms with Crippen LogP contribution in [0.4, 0.5) is 0 Å². The van der Waals surface area contributed by atoms with Crippen LogP contribution in [0.1, 0.15) is 31.7 Å². The van der Waals surface area contributed by atoms with Crippen LogP contribution in [0, 0.1) is 0 Å². The molecule has 1 unspecified atom stereocenters. The molecule has 0 bridgehead atoms. The van der Waals surface area contributed by atoms with E-state index in [2.05, 4.69) is 64.4 Å². The first-order valence-electron chi connectivity index (χ1n) is 6.81. The third kappa shape index (κ3) is 3.56. The highest BCUT2D eigenvalue weighted by atomic mass is 79.9. The summed E-state index contributed by atoms with van der Waals surface area (Å²) in [6.45, 7) is 5.64. The molecule has 2 rings (SSSR count). The Morgan fingerprint density at radius 1 is 1.33 bits per heavy atom. The summed E-state index contributed by atoms with van der Waals surface area (Å²) in [5.74, 6) is 0. The maximum atomic E-state index is 3.70. The van der Waals surface area contributed by atoms with Gasteiger partial charge in [-0.1, -0.05) is 35.0 Å². The lowest BCUT2D eigenvalue weighted by atomic mass is 9.93. The van der Waals surface area contributed by atoms with Crippen LogP contribution in [0.2, 0.25) is 0 Å². The van der Waals surface area contributed by atoms with E-state index in [1.54, 1.807) is 0 Å². The first kappa shape index (κ1) is 14.0. The van der Waals surface area contributed by atoms with Gasteiger partial charge in [0.05, 0.1) is 0 Å². The third-order valence-electron chi connectivity index (χ3n) is 3.95. The molecule has 1 fully saturated rings. The van der Waals surface area contributed by atoms with Gasteiger partial charge in [-0.05, 0) is 50.6 Å². The minimum absolute atomic E-state index is 0.351. The molecule has 1 aromatic rings. The van der Waals surface area contributed by atoms with Crippen molar-refractivity contribution in [2.75, 3.05) is 20.1 Å². The predicted molar refractivity (Wildman–Crippen MR) is 80.7 cm³/mol. The zero-order valence-electron chi connectivity index (χ0n) is 11.4. The van der Waals surface area contributed by atoms with Crippen LogP contribution < -0.4 is 5.32 Å². The number of hydrogen-bond acceptors (Lipinski definition) is 2. The minimum atomic E-state index is 0.351. The Labute approximate surface area is 119 Å². The Morgan fingerprint density at radius 2 is 2.06 bits per heavy atom. The molecule has 1 saturated heterocycles. The molecule has 0 aliphatic carbocycles. The van der Waals surface area contributed by atoms with Gasteiger partial charge in [0.25, 0.3) is 0 Å². The molecular weight excluding hydrogens is 288 g/mol. The van der Waals surface area contributed by atoms with Gasteiger partial charge in [0.2, 0.25) is 0 Å². The van der Waals surface area contributed by atoms with Crippen molar-refractivity contribution in [1.29, 1.82) is 0 Å². The molecule has 100 valence electrons. The Hall–Kier alpha value is -0.380. The molecule has 1 aliphatic heterocycles. The monoisotopic (exact) mass is 310 g/mol. The molecule has 1 aromatic carbocycles. The normalized spacial score (nSPS) is 23.8. The largest absolute Gasteiger partial charge is 0.310 e. The first-order chi connectivity index (χ1) is 8.63. The van der Waals surface area contributed by atoms with E-state index in [9.17, 15) is 0 Å². The number of rotatable bonds is 5. The molecule has 1 heterocycles. The van der Waals surface area contributed by atoms with Gasteiger partial charge in [0.1, 0.15) is 0 Å². The zero-order chi connectivity index (χ0) is 13.0. The van der Waals surface area contributed by atoms with Gasteiger partial charge in [0, 0.05) is 23.1 Å². The van der Waals surface area contributed by atoms with Crippen molar-refractivity contribution in [3.8, 4) is 0 Å². The summed E-state index contributed by atoms with van der Waals surface area (Å²) in [6, 6.07) is 8.63. The summed E-state index contributed by atoms with van der Waals surface area (Å²) in [5.41, 5.74) is 1.73. The molecule has 1 N–H and O–H groups in total. The van der Waals surface area contributed by atoms with E-state index < -0.39 is 0 Å². The van der Waals surface area contributed by atoms with Gasteiger partial charge in [-0.25, -0.2) is 0 Å².